The smallest absolute Gasteiger partial charge is 0.488 e. The number of nitrogens with zero attached hydrogens (tertiary/aromatic N) is 1. The minimum Gasteiger partial charge on any atom is -0.507 e. The molecule has 0 aromatic heterocycles. The Kier molecular flexibility index (Phi) is 5.36. The van der Waals surface area contributed by atoms with Crippen molar-refractivity contribution in [3.05, 3.63) is 53.1 Å². The molecule has 2 aromatic rings. The molecule has 4 N–H and O–H groups in total. The van der Waals surface area contributed by atoms with Gasteiger partial charge in [-0.1, -0.05) is 19.1 Å². The molecule has 3 fully saturated rings. The van der Waals surface area contributed by atoms with Gasteiger partial charge in [0.05, 0.1) is 23.6 Å². The molecule has 8 nitrogen and oxygen atoms in total. The van der Waals surface area contributed by atoms with Gasteiger partial charge in [0, 0.05) is 11.8 Å². The fourth-order valence-corrected chi connectivity index (χ4v) is 6.11. The zero-order valence-corrected chi connectivity index (χ0v) is 19.3. The van der Waals surface area contributed by atoms with Crippen LogP contribution in [0.4, 0.5) is 5.69 Å². The second kappa shape index (κ2) is 7.91. The standard InChI is InChI=1S/C25H28BNO7/c1-12-7-15(8-13(2)22(12)28)20-11-19-21-18(9-14(3)25(19,31)34-20)23(29)27(24(21)30)17-6-4-5-16(10-17)26(32)33/h4-8,10,14,18-21,28,31-33H,9,11H2,1-3H3/t14-,18-,19-,20-,21-,25+/m0/s1. The third-order valence-corrected chi connectivity index (χ3v) is 7.87. The van der Waals surface area contributed by atoms with E-state index in [9.17, 15) is 29.9 Å². The molecule has 34 heavy (non-hydrogen) atoms. The highest BCUT2D eigenvalue weighted by Crippen LogP contribution is 2.58. The summed E-state index contributed by atoms with van der Waals surface area (Å²) in [6.07, 6.45) is 0.203. The maximum Gasteiger partial charge on any atom is 0.488 e. The molecule has 0 unspecified atom stereocenters. The number of phenols is 1. The van der Waals surface area contributed by atoms with E-state index in [1.807, 2.05) is 19.1 Å². The number of benzene rings is 2. The minimum atomic E-state index is -1.72. The predicted octanol–water partition coefficient (Wildman–Crippen LogP) is 1.30. The summed E-state index contributed by atoms with van der Waals surface area (Å²) in [7, 11) is -1.72. The number of aryl methyl sites for hydroxylation is 2. The molecular formula is C25H28BNO7. The normalized spacial score (nSPS) is 32.6. The summed E-state index contributed by atoms with van der Waals surface area (Å²) in [6.45, 7) is 5.44. The lowest BCUT2D eigenvalue weighted by Crippen LogP contribution is -2.52. The molecule has 0 radical (unpaired) electrons. The molecule has 2 aromatic carbocycles. The first-order chi connectivity index (χ1) is 16.0. The largest absolute Gasteiger partial charge is 0.507 e. The van der Waals surface area contributed by atoms with Gasteiger partial charge in [0.2, 0.25) is 11.8 Å². The highest BCUT2D eigenvalue weighted by molar-refractivity contribution is 6.58. The lowest BCUT2D eigenvalue weighted by atomic mass is 9.65. The highest BCUT2D eigenvalue weighted by atomic mass is 16.6. The number of hydrogen-bond acceptors (Lipinski definition) is 7. The Balaban J connectivity index is 1.50. The van der Waals surface area contributed by atoms with E-state index in [0.717, 1.165) is 10.5 Å². The number of carbonyl (C=O) groups is 2. The van der Waals surface area contributed by atoms with Crippen molar-refractivity contribution >= 4 is 30.1 Å². The van der Waals surface area contributed by atoms with E-state index >= 15 is 0 Å². The number of carbonyl (C=O) groups excluding carboxylic acids is 2. The van der Waals surface area contributed by atoms with Gasteiger partial charge in [-0.05, 0) is 73.1 Å². The molecule has 0 spiro atoms. The van der Waals surface area contributed by atoms with Crippen LogP contribution >= 0.6 is 0 Å². The summed E-state index contributed by atoms with van der Waals surface area (Å²) in [5.74, 6) is -4.35. The average Bonchev–Trinajstić information content (AvgIpc) is 3.27. The van der Waals surface area contributed by atoms with Crippen LogP contribution in [0.15, 0.2) is 36.4 Å². The van der Waals surface area contributed by atoms with E-state index in [4.69, 9.17) is 4.74 Å². The van der Waals surface area contributed by atoms with Gasteiger partial charge >= 0.3 is 7.12 Å². The molecule has 2 saturated heterocycles. The molecule has 6 atom stereocenters. The van der Waals surface area contributed by atoms with Crippen LogP contribution in [0.5, 0.6) is 5.75 Å². The first-order valence-corrected chi connectivity index (χ1v) is 11.6. The average molecular weight is 465 g/mol. The van der Waals surface area contributed by atoms with Crippen molar-refractivity contribution in [1.82, 2.24) is 0 Å². The fourth-order valence-electron chi connectivity index (χ4n) is 6.11. The van der Waals surface area contributed by atoms with Gasteiger partial charge in [-0.3, -0.25) is 14.5 Å². The zero-order chi connectivity index (χ0) is 24.5. The van der Waals surface area contributed by atoms with E-state index in [1.165, 1.54) is 12.1 Å². The molecule has 2 amide bonds. The molecule has 2 aliphatic heterocycles. The number of anilines is 1. The maximum atomic E-state index is 13.6. The molecule has 9 heteroatoms. The quantitative estimate of drug-likeness (QED) is 0.398. The van der Waals surface area contributed by atoms with E-state index in [-0.39, 0.29) is 28.7 Å². The predicted molar refractivity (Wildman–Crippen MR) is 124 cm³/mol. The van der Waals surface area contributed by atoms with Crippen LogP contribution in [0.25, 0.3) is 0 Å². The molecule has 3 aliphatic rings. The van der Waals surface area contributed by atoms with Crippen molar-refractivity contribution in [1.29, 1.82) is 0 Å². The van der Waals surface area contributed by atoms with Gasteiger partial charge in [0.15, 0.2) is 5.79 Å². The molecule has 5 rings (SSSR count). The maximum absolute atomic E-state index is 13.6. The molecule has 2 heterocycles. The molecular weight excluding hydrogens is 437 g/mol. The second-order valence-electron chi connectivity index (χ2n) is 9.95. The van der Waals surface area contributed by atoms with Crippen molar-refractivity contribution in [2.24, 2.45) is 23.7 Å². The van der Waals surface area contributed by atoms with Crippen molar-refractivity contribution in [3.63, 3.8) is 0 Å². The number of fused-ring (bicyclic) bond motifs is 3. The fraction of sp³-hybridized carbons (Fsp3) is 0.440. The Bertz CT molecular complexity index is 1160. The first-order valence-electron chi connectivity index (χ1n) is 11.6. The number of ether oxygens (including phenoxy) is 1. The summed E-state index contributed by atoms with van der Waals surface area (Å²) in [5, 5.41) is 40.8. The summed E-state index contributed by atoms with van der Waals surface area (Å²) in [6, 6.07) is 9.73. The van der Waals surface area contributed by atoms with Crippen LogP contribution in [-0.2, 0) is 14.3 Å². The first kappa shape index (κ1) is 23.0. The van der Waals surface area contributed by atoms with Crippen LogP contribution in [-0.4, -0.2) is 45.0 Å². The lowest BCUT2D eigenvalue weighted by Gasteiger charge is -2.43. The minimum absolute atomic E-state index is 0.181. The van der Waals surface area contributed by atoms with E-state index < -0.39 is 42.7 Å². The number of hydrogen-bond donors (Lipinski definition) is 4. The summed E-state index contributed by atoms with van der Waals surface area (Å²) < 4.78 is 6.21. The summed E-state index contributed by atoms with van der Waals surface area (Å²) in [5.41, 5.74) is 2.69. The van der Waals surface area contributed by atoms with Gasteiger partial charge < -0.3 is 25.0 Å². The Morgan fingerprint density at radius 3 is 2.38 bits per heavy atom. The van der Waals surface area contributed by atoms with Crippen LogP contribution in [0.1, 0.15) is 42.6 Å². The van der Waals surface area contributed by atoms with Crippen LogP contribution in [0, 0.1) is 37.5 Å². The number of rotatable bonds is 3. The number of amides is 2. The molecule has 1 aliphatic carbocycles. The SMILES string of the molecule is Cc1cc([C@@H]2C[C@H]3[C@H]4C(=O)N(c5cccc(B(O)O)c5)C(=O)[C@H]4C[C@H](C)[C@@]3(O)O2)cc(C)c1O. The van der Waals surface area contributed by atoms with Gasteiger partial charge in [0.25, 0.3) is 0 Å². The Labute approximate surface area is 197 Å². The van der Waals surface area contributed by atoms with E-state index in [2.05, 4.69) is 0 Å². The van der Waals surface area contributed by atoms with Crippen LogP contribution < -0.4 is 10.4 Å². The monoisotopic (exact) mass is 465 g/mol. The Hall–Kier alpha value is -2.72. The van der Waals surface area contributed by atoms with Crippen molar-refractivity contribution < 1.29 is 34.6 Å². The highest BCUT2D eigenvalue weighted by Gasteiger charge is 2.66. The third kappa shape index (κ3) is 3.30. The topological polar surface area (TPSA) is 128 Å². The number of imide groups is 1. The third-order valence-electron chi connectivity index (χ3n) is 7.87. The molecule has 1 saturated carbocycles. The van der Waals surface area contributed by atoms with Crippen molar-refractivity contribution in [3.8, 4) is 5.75 Å². The Morgan fingerprint density at radius 2 is 1.74 bits per heavy atom. The summed E-state index contributed by atoms with van der Waals surface area (Å²) in [4.78, 5) is 28.1. The number of aromatic hydroxyl groups is 1. The van der Waals surface area contributed by atoms with Gasteiger partial charge in [-0.2, -0.15) is 0 Å². The van der Waals surface area contributed by atoms with Crippen LogP contribution in [0.3, 0.4) is 0 Å². The van der Waals surface area contributed by atoms with E-state index in [1.54, 1.807) is 26.0 Å². The van der Waals surface area contributed by atoms with E-state index in [0.29, 0.717) is 24.0 Å². The van der Waals surface area contributed by atoms with Gasteiger partial charge in [-0.15, -0.1) is 0 Å². The Morgan fingerprint density at radius 1 is 1.06 bits per heavy atom. The second-order valence-corrected chi connectivity index (χ2v) is 9.95. The van der Waals surface area contributed by atoms with Crippen LogP contribution in [0.2, 0.25) is 0 Å². The number of aliphatic hydroxyl groups is 1. The van der Waals surface area contributed by atoms with Crippen molar-refractivity contribution in [2.75, 3.05) is 4.90 Å². The molecule has 0 bridgehead atoms. The zero-order valence-electron chi connectivity index (χ0n) is 19.3. The molecule has 178 valence electrons. The number of phenolic OH excluding ortho intramolecular Hbond substituents is 1. The van der Waals surface area contributed by atoms with Crippen molar-refractivity contribution in [2.45, 2.75) is 45.5 Å². The summed E-state index contributed by atoms with van der Waals surface area (Å²) >= 11 is 0. The lowest BCUT2D eigenvalue weighted by molar-refractivity contribution is -0.265. The van der Waals surface area contributed by atoms with Gasteiger partial charge in [-0.25, -0.2) is 0 Å². The van der Waals surface area contributed by atoms with Gasteiger partial charge in [0.1, 0.15) is 5.75 Å².